The topological polar surface area (TPSA) is 46.4 Å². The van der Waals surface area contributed by atoms with Crippen LogP contribution in [0.25, 0.3) is 0 Å². The van der Waals surface area contributed by atoms with Crippen LogP contribution in [0.4, 0.5) is 0 Å². The lowest BCUT2D eigenvalue weighted by Crippen LogP contribution is -2.44. The minimum absolute atomic E-state index is 0.232. The second-order valence-corrected chi connectivity index (χ2v) is 5.98. The summed E-state index contributed by atoms with van der Waals surface area (Å²) in [6.45, 7) is 4.26. The Bertz CT molecular complexity index is 773. The second kappa shape index (κ2) is 7.77. The molecule has 0 radical (unpaired) electrons. The molecule has 0 unspecified atom stereocenters. The summed E-state index contributed by atoms with van der Waals surface area (Å²) in [6, 6.07) is 16.1. The first-order chi connectivity index (χ1) is 12.2. The van der Waals surface area contributed by atoms with Gasteiger partial charge in [0.15, 0.2) is 0 Å². The maximum atomic E-state index is 5.86. The van der Waals surface area contributed by atoms with Crippen molar-refractivity contribution in [1.29, 1.82) is 0 Å². The predicted octanol–water partition coefficient (Wildman–Crippen LogP) is 3.99. The van der Waals surface area contributed by atoms with Crippen LogP contribution in [0, 0.1) is 26.2 Å². The molecule has 0 spiro atoms. The number of aryl methyl sites for hydroxylation is 2. The normalized spacial score (nSPS) is 13.6. The molecule has 1 aliphatic rings. The summed E-state index contributed by atoms with van der Waals surface area (Å²) in [5, 5.41) is 0. The molecular formula is C19H17N3O2S. The molecule has 6 heteroatoms. The summed E-state index contributed by atoms with van der Waals surface area (Å²) in [6.07, 6.45) is 5.49. The minimum Gasteiger partial charge on any atom is -0.425 e. The van der Waals surface area contributed by atoms with Crippen molar-refractivity contribution >= 4 is 24.2 Å². The van der Waals surface area contributed by atoms with Gasteiger partial charge < -0.3 is 9.47 Å². The van der Waals surface area contributed by atoms with E-state index in [1.54, 1.807) is 4.90 Å². The van der Waals surface area contributed by atoms with E-state index in [1.165, 1.54) is 0 Å². The van der Waals surface area contributed by atoms with Gasteiger partial charge in [-0.1, -0.05) is 41.3 Å². The van der Waals surface area contributed by atoms with E-state index in [4.69, 9.17) is 15.9 Å². The van der Waals surface area contributed by atoms with E-state index < -0.39 is 0 Å². The molecule has 25 heavy (non-hydrogen) atoms. The Morgan fingerprint density at radius 1 is 0.880 bits per heavy atom. The van der Waals surface area contributed by atoms with E-state index in [0.29, 0.717) is 23.5 Å². The monoisotopic (exact) mass is 351 g/mol. The lowest BCUT2D eigenvalue weighted by Gasteiger charge is -2.25. The number of benzene rings is 2. The molecule has 0 saturated carbocycles. The standard InChI is InChI=1S/C19H17N3O2S/c1-4-13-22-18(23-16-9-5-14(2)6-10-16)20-25-21-19(22)24-17-11-7-15(3)8-12-17/h1,5-12H,13H2,2-3H3. The van der Waals surface area contributed by atoms with E-state index in [2.05, 4.69) is 14.7 Å². The Morgan fingerprint density at radius 3 is 1.72 bits per heavy atom. The number of ether oxygens (including phenoxy) is 2. The largest absolute Gasteiger partial charge is 0.425 e. The highest BCUT2D eigenvalue weighted by Gasteiger charge is 2.25. The van der Waals surface area contributed by atoms with Crippen LogP contribution in [0.15, 0.2) is 57.3 Å². The number of hydrogen-bond acceptors (Lipinski definition) is 6. The Morgan fingerprint density at radius 2 is 1.32 bits per heavy atom. The molecule has 0 fully saturated rings. The molecule has 1 aliphatic heterocycles. The molecule has 3 rings (SSSR count). The molecule has 0 atom stereocenters. The van der Waals surface area contributed by atoms with Crippen LogP contribution in [-0.2, 0) is 0 Å². The van der Waals surface area contributed by atoms with Gasteiger partial charge in [-0.25, -0.2) is 4.90 Å². The maximum absolute atomic E-state index is 5.86. The summed E-state index contributed by atoms with van der Waals surface area (Å²) in [7, 11) is 0. The zero-order valence-corrected chi connectivity index (χ0v) is 14.8. The fourth-order valence-corrected chi connectivity index (χ4v) is 2.52. The van der Waals surface area contributed by atoms with Gasteiger partial charge in [-0.2, -0.15) is 0 Å². The molecule has 2 aromatic carbocycles. The molecule has 126 valence electrons. The van der Waals surface area contributed by atoms with Crippen LogP contribution >= 0.6 is 12.1 Å². The van der Waals surface area contributed by atoms with Crippen molar-refractivity contribution < 1.29 is 9.47 Å². The average molecular weight is 351 g/mol. The van der Waals surface area contributed by atoms with Crippen molar-refractivity contribution in [3.63, 3.8) is 0 Å². The fourth-order valence-electron chi connectivity index (χ4n) is 2.07. The highest BCUT2D eigenvalue weighted by atomic mass is 32.2. The van der Waals surface area contributed by atoms with E-state index >= 15 is 0 Å². The van der Waals surface area contributed by atoms with Gasteiger partial charge in [0.05, 0.1) is 6.54 Å². The Balaban J connectivity index is 1.77. The van der Waals surface area contributed by atoms with Gasteiger partial charge in [0.1, 0.15) is 23.6 Å². The van der Waals surface area contributed by atoms with Crippen molar-refractivity contribution in [1.82, 2.24) is 4.90 Å². The van der Waals surface area contributed by atoms with Crippen LogP contribution in [0.3, 0.4) is 0 Å². The average Bonchev–Trinajstić information content (AvgIpc) is 2.62. The van der Waals surface area contributed by atoms with Crippen molar-refractivity contribution in [2.75, 3.05) is 6.54 Å². The third-order valence-electron chi connectivity index (χ3n) is 3.41. The van der Waals surface area contributed by atoms with Gasteiger partial charge in [-0.3, -0.25) is 0 Å². The number of terminal acetylenes is 1. The van der Waals surface area contributed by atoms with Gasteiger partial charge in [0.2, 0.25) is 0 Å². The molecule has 5 nitrogen and oxygen atoms in total. The number of hydrogen-bond donors (Lipinski definition) is 0. The first kappa shape index (κ1) is 16.9. The van der Waals surface area contributed by atoms with Gasteiger partial charge >= 0.3 is 12.0 Å². The van der Waals surface area contributed by atoms with Crippen LogP contribution in [0.2, 0.25) is 0 Å². The molecule has 0 amide bonds. The van der Waals surface area contributed by atoms with Crippen LogP contribution < -0.4 is 9.47 Å². The van der Waals surface area contributed by atoms with Crippen molar-refractivity contribution in [3.8, 4) is 23.8 Å². The SMILES string of the molecule is C#CCN1C(Oc2ccc(C)cc2)=NSN=C1Oc1ccc(C)cc1. The van der Waals surface area contributed by atoms with Gasteiger partial charge in [0, 0.05) is 0 Å². The Kier molecular flexibility index (Phi) is 5.26. The van der Waals surface area contributed by atoms with Crippen LogP contribution in [-0.4, -0.2) is 23.5 Å². The van der Waals surface area contributed by atoms with Crippen LogP contribution in [0.1, 0.15) is 11.1 Å². The smallest absolute Gasteiger partial charge is 0.315 e. The van der Waals surface area contributed by atoms with Crippen molar-refractivity contribution in [3.05, 3.63) is 59.7 Å². The molecule has 0 bridgehead atoms. The van der Waals surface area contributed by atoms with Gasteiger partial charge in [-0.15, -0.1) is 15.2 Å². The zero-order valence-electron chi connectivity index (χ0n) is 14.0. The third kappa shape index (κ3) is 4.34. The summed E-state index contributed by atoms with van der Waals surface area (Å²) in [5.74, 6) is 3.92. The molecular weight excluding hydrogens is 334 g/mol. The summed E-state index contributed by atoms with van der Waals surface area (Å²) >= 11 is 1.00. The van der Waals surface area contributed by atoms with E-state index in [-0.39, 0.29) is 6.54 Å². The third-order valence-corrected chi connectivity index (χ3v) is 3.88. The van der Waals surface area contributed by atoms with Crippen molar-refractivity contribution in [2.45, 2.75) is 13.8 Å². The summed E-state index contributed by atoms with van der Waals surface area (Å²) in [5.41, 5.74) is 2.30. The first-order valence-corrected chi connectivity index (χ1v) is 8.41. The molecule has 0 aliphatic carbocycles. The molecule has 0 saturated heterocycles. The second-order valence-electron chi connectivity index (χ2n) is 5.45. The minimum atomic E-state index is 0.232. The number of rotatable bonds is 3. The molecule has 0 N–H and O–H groups in total. The lowest BCUT2D eigenvalue weighted by molar-refractivity contribution is 0.398. The van der Waals surface area contributed by atoms with E-state index in [9.17, 15) is 0 Å². The highest BCUT2D eigenvalue weighted by molar-refractivity contribution is 7.97. The van der Waals surface area contributed by atoms with E-state index in [0.717, 1.165) is 23.3 Å². The quantitative estimate of drug-likeness (QED) is 0.620. The first-order valence-electron chi connectivity index (χ1n) is 7.68. The number of amidine groups is 2. The Labute approximate surface area is 151 Å². The molecule has 1 heterocycles. The maximum Gasteiger partial charge on any atom is 0.315 e. The van der Waals surface area contributed by atoms with E-state index in [1.807, 2.05) is 62.4 Å². The summed E-state index contributed by atoms with van der Waals surface area (Å²) < 4.78 is 20.2. The molecule has 2 aromatic rings. The number of nitrogens with zero attached hydrogens (tertiary/aromatic N) is 3. The molecule has 0 aromatic heterocycles. The van der Waals surface area contributed by atoms with Crippen molar-refractivity contribution in [2.24, 2.45) is 8.80 Å². The van der Waals surface area contributed by atoms with Crippen LogP contribution in [0.5, 0.6) is 11.5 Å². The Hall–Kier alpha value is -2.91. The van der Waals surface area contributed by atoms with Gasteiger partial charge in [0.25, 0.3) is 0 Å². The van der Waals surface area contributed by atoms with Gasteiger partial charge in [-0.05, 0) is 38.1 Å². The highest BCUT2D eigenvalue weighted by Crippen LogP contribution is 2.21. The lowest BCUT2D eigenvalue weighted by atomic mass is 10.2. The fraction of sp³-hybridized carbons (Fsp3) is 0.158. The zero-order chi connectivity index (χ0) is 17.6. The summed E-state index contributed by atoms with van der Waals surface area (Å²) in [4.78, 5) is 1.62. The predicted molar refractivity (Wildman–Crippen MR) is 102 cm³/mol.